The molecule has 1 N–H and O–H groups in total. The topological polar surface area (TPSA) is 77.1 Å². The minimum absolute atomic E-state index is 0.0132. The maximum absolute atomic E-state index is 12.3. The van der Waals surface area contributed by atoms with E-state index in [4.69, 9.17) is 9.47 Å². The Labute approximate surface area is 135 Å². The van der Waals surface area contributed by atoms with Crippen LogP contribution >= 0.6 is 0 Å². The molecule has 0 spiro atoms. The third kappa shape index (κ3) is 5.14. The van der Waals surface area contributed by atoms with E-state index in [1.807, 2.05) is 13.8 Å². The number of urea groups is 1. The van der Waals surface area contributed by atoms with Crippen molar-refractivity contribution in [2.75, 3.05) is 32.1 Å². The van der Waals surface area contributed by atoms with Crippen LogP contribution in [0, 0.1) is 0 Å². The fraction of sp³-hybridized carbons (Fsp3) is 0.500. The standard InChI is InChI=1S/C16H22N2O5/c1-11-8-18(9-12(2)23-11)16(20)17-13-5-4-6-14(7-13)22-10-15(19)21-3/h4-7,11-12H,8-10H2,1-3H3,(H,17,20)/t11-,12-/m0/s1. The number of morpholine rings is 1. The summed E-state index contributed by atoms with van der Waals surface area (Å²) in [5, 5.41) is 2.83. The zero-order chi connectivity index (χ0) is 16.8. The maximum atomic E-state index is 12.3. The van der Waals surface area contributed by atoms with E-state index in [2.05, 4.69) is 10.1 Å². The summed E-state index contributed by atoms with van der Waals surface area (Å²) in [7, 11) is 1.30. The van der Waals surface area contributed by atoms with E-state index >= 15 is 0 Å². The number of benzene rings is 1. The first kappa shape index (κ1) is 17.1. The Morgan fingerprint density at radius 3 is 2.65 bits per heavy atom. The van der Waals surface area contributed by atoms with Crippen molar-refractivity contribution in [2.45, 2.75) is 26.1 Å². The Balaban J connectivity index is 1.94. The molecule has 0 aromatic heterocycles. The number of methoxy groups -OCH3 is 1. The predicted molar refractivity (Wildman–Crippen MR) is 84.6 cm³/mol. The number of hydrogen-bond acceptors (Lipinski definition) is 5. The summed E-state index contributed by atoms with van der Waals surface area (Å²) in [4.78, 5) is 25.1. The summed E-state index contributed by atoms with van der Waals surface area (Å²) >= 11 is 0. The quantitative estimate of drug-likeness (QED) is 0.857. The van der Waals surface area contributed by atoms with Crippen molar-refractivity contribution in [3.05, 3.63) is 24.3 Å². The van der Waals surface area contributed by atoms with E-state index in [1.54, 1.807) is 29.2 Å². The van der Waals surface area contributed by atoms with Crippen molar-refractivity contribution >= 4 is 17.7 Å². The SMILES string of the molecule is COC(=O)COc1cccc(NC(=O)N2C[C@H](C)O[C@@H](C)C2)c1. The lowest BCUT2D eigenvalue weighted by molar-refractivity contribution is -0.142. The molecule has 2 atom stereocenters. The van der Waals surface area contributed by atoms with Gasteiger partial charge in [0.25, 0.3) is 0 Å². The largest absolute Gasteiger partial charge is 0.482 e. The minimum atomic E-state index is -0.462. The average Bonchev–Trinajstić information content (AvgIpc) is 2.52. The normalized spacial score (nSPS) is 20.7. The molecule has 1 aromatic rings. The summed E-state index contributed by atoms with van der Waals surface area (Å²) < 4.78 is 15.4. The molecule has 0 bridgehead atoms. The van der Waals surface area contributed by atoms with Crippen molar-refractivity contribution in [2.24, 2.45) is 0 Å². The van der Waals surface area contributed by atoms with Crippen LogP contribution in [-0.4, -0.2) is 55.9 Å². The molecular weight excluding hydrogens is 300 g/mol. The van der Waals surface area contributed by atoms with Gasteiger partial charge in [-0.25, -0.2) is 9.59 Å². The number of nitrogens with one attached hydrogen (secondary N) is 1. The summed E-state index contributed by atoms with van der Waals surface area (Å²) in [6.07, 6.45) is 0.0263. The number of carbonyl (C=O) groups is 2. The fourth-order valence-electron chi connectivity index (χ4n) is 2.41. The lowest BCUT2D eigenvalue weighted by Crippen LogP contribution is -2.49. The van der Waals surface area contributed by atoms with Crippen LogP contribution in [0.25, 0.3) is 0 Å². The number of rotatable bonds is 4. The third-order valence-corrected chi connectivity index (χ3v) is 3.38. The molecule has 1 fully saturated rings. The number of nitrogens with zero attached hydrogens (tertiary/aromatic N) is 1. The summed E-state index contributed by atoms with van der Waals surface area (Å²) in [5.74, 6) is 0.0210. The van der Waals surface area contributed by atoms with Gasteiger partial charge in [0.05, 0.1) is 19.3 Å². The molecule has 1 aromatic carbocycles. The van der Waals surface area contributed by atoms with Crippen LogP contribution in [0.5, 0.6) is 5.75 Å². The first-order valence-corrected chi connectivity index (χ1v) is 7.49. The van der Waals surface area contributed by atoms with Crippen LogP contribution in [0.4, 0.5) is 10.5 Å². The van der Waals surface area contributed by atoms with Gasteiger partial charge in [-0.05, 0) is 26.0 Å². The molecule has 1 aliphatic heterocycles. The van der Waals surface area contributed by atoms with E-state index in [0.29, 0.717) is 24.5 Å². The molecule has 0 aliphatic carbocycles. The van der Waals surface area contributed by atoms with Gasteiger partial charge in [-0.15, -0.1) is 0 Å². The van der Waals surface area contributed by atoms with Crippen molar-refractivity contribution in [3.8, 4) is 5.75 Å². The summed E-state index contributed by atoms with van der Waals surface area (Å²) in [5.41, 5.74) is 0.601. The number of anilines is 1. The third-order valence-electron chi connectivity index (χ3n) is 3.38. The monoisotopic (exact) mass is 322 g/mol. The first-order chi connectivity index (χ1) is 11.0. The van der Waals surface area contributed by atoms with Crippen LogP contribution in [0.2, 0.25) is 0 Å². The van der Waals surface area contributed by atoms with Gasteiger partial charge in [0, 0.05) is 24.8 Å². The van der Waals surface area contributed by atoms with Crippen LogP contribution < -0.4 is 10.1 Å². The van der Waals surface area contributed by atoms with Gasteiger partial charge < -0.3 is 24.4 Å². The lowest BCUT2D eigenvalue weighted by Gasteiger charge is -2.35. The zero-order valence-corrected chi connectivity index (χ0v) is 13.6. The van der Waals surface area contributed by atoms with Crippen LogP contribution in [-0.2, 0) is 14.3 Å². The van der Waals surface area contributed by atoms with Crippen LogP contribution in [0.3, 0.4) is 0 Å². The van der Waals surface area contributed by atoms with Gasteiger partial charge in [-0.2, -0.15) is 0 Å². The molecule has 1 aliphatic rings. The molecule has 126 valence electrons. The van der Waals surface area contributed by atoms with E-state index in [9.17, 15) is 9.59 Å². The van der Waals surface area contributed by atoms with Gasteiger partial charge in [-0.1, -0.05) is 6.07 Å². The van der Waals surface area contributed by atoms with E-state index in [1.165, 1.54) is 7.11 Å². The highest BCUT2D eigenvalue weighted by molar-refractivity contribution is 5.89. The van der Waals surface area contributed by atoms with Crippen molar-refractivity contribution in [3.63, 3.8) is 0 Å². The molecule has 1 saturated heterocycles. The van der Waals surface area contributed by atoms with Crippen molar-refractivity contribution in [1.82, 2.24) is 4.90 Å². The summed E-state index contributed by atoms with van der Waals surface area (Å²) in [6.45, 7) is 4.81. The molecule has 0 saturated carbocycles. The Kier molecular flexibility index (Phi) is 5.81. The fourth-order valence-corrected chi connectivity index (χ4v) is 2.41. The smallest absolute Gasteiger partial charge is 0.343 e. The van der Waals surface area contributed by atoms with Gasteiger partial charge in [-0.3, -0.25) is 0 Å². The molecule has 2 amide bonds. The molecular formula is C16H22N2O5. The molecule has 23 heavy (non-hydrogen) atoms. The molecule has 7 nitrogen and oxygen atoms in total. The Morgan fingerprint density at radius 1 is 1.30 bits per heavy atom. The Morgan fingerprint density at radius 2 is 2.00 bits per heavy atom. The second-order valence-electron chi connectivity index (χ2n) is 5.49. The number of ether oxygens (including phenoxy) is 3. The predicted octanol–water partition coefficient (Wildman–Crippen LogP) is 1.88. The maximum Gasteiger partial charge on any atom is 0.343 e. The molecule has 0 unspecified atom stereocenters. The minimum Gasteiger partial charge on any atom is -0.482 e. The van der Waals surface area contributed by atoms with E-state index in [0.717, 1.165) is 0 Å². The van der Waals surface area contributed by atoms with Gasteiger partial charge in [0.2, 0.25) is 0 Å². The number of hydrogen-bond donors (Lipinski definition) is 1. The van der Waals surface area contributed by atoms with Gasteiger partial charge in [0.1, 0.15) is 5.75 Å². The second-order valence-corrected chi connectivity index (χ2v) is 5.49. The van der Waals surface area contributed by atoms with Crippen LogP contribution in [0.15, 0.2) is 24.3 Å². The molecule has 2 rings (SSSR count). The zero-order valence-electron chi connectivity index (χ0n) is 13.6. The second kappa shape index (κ2) is 7.82. The Bertz CT molecular complexity index is 553. The van der Waals surface area contributed by atoms with Gasteiger partial charge >= 0.3 is 12.0 Å². The highest BCUT2D eigenvalue weighted by Gasteiger charge is 2.25. The Hall–Kier alpha value is -2.28. The molecule has 0 radical (unpaired) electrons. The van der Waals surface area contributed by atoms with E-state index in [-0.39, 0.29) is 24.8 Å². The van der Waals surface area contributed by atoms with Crippen molar-refractivity contribution < 1.29 is 23.8 Å². The van der Waals surface area contributed by atoms with Gasteiger partial charge in [0.15, 0.2) is 6.61 Å². The first-order valence-electron chi connectivity index (χ1n) is 7.49. The highest BCUT2D eigenvalue weighted by Crippen LogP contribution is 2.19. The summed E-state index contributed by atoms with van der Waals surface area (Å²) in [6, 6.07) is 6.69. The number of carbonyl (C=O) groups excluding carboxylic acids is 2. The lowest BCUT2D eigenvalue weighted by atomic mass is 10.2. The average molecular weight is 322 g/mol. The number of esters is 1. The molecule has 7 heteroatoms. The highest BCUT2D eigenvalue weighted by atomic mass is 16.6. The van der Waals surface area contributed by atoms with Crippen LogP contribution in [0.1, 0.15) is 13.8 Å². The van der Waals surface area contributed by atoms with E-state index < -0.39 is 5.97 Å². The number of amides is 2. The van der Waals surface area contributed by atoms with Crippen molar-refractivity contribution in [1.29, 1.82) is 0 Å². The molecule has 1 heterocycles.